The molecule has 1 aromatic rings. The van der Waals surface area contributed by atoms with Crippen LogP contribution in [-0.2, 0) is 11.3 Å². The fourth-order valence-electron chi connectivity index (χ4n) is 3.35. The molecule has 0 aliphatic heterocycles. The van der Waals surface area contributed by atoms with E-state index in [0.29, 0.717) is 37.6 Å². The van der Waals surface area contributed by atoms with Gasteiger partial charge < -0.3 is 20.5 Å². The first-order valence-corrected chi connectivity index (χ1v) is 11.5. The van der Waals surface area contributed by atoms with Crippen molar-refractivity contribution in [1.29, 1.82) is 0 Å². The Balaban J connectivity index is 2.09. The summed E-state index contributed by atoms with van der Waals surface area (Å²) in [6.07, 6.45) is 14.8. The minimum Gasteiger partial charge on any atom is -0.493 e. The van der Waals surface area contributed by atoms with Crippen molar-refractivity contribution in [3.63, 3.8) is 0 Å². The van der Waals surface area contributed by atoms with E-state index in [-0.39, 0.29) is 5.91 Å². The monoisotopic (exact) mass is 406 g/mol. The van der Waals surface area contributed by atoms with Gasteiger partial charge in [0.05, 0.1) is 7.11 Å². The molecule has 0 fully saturated rings. The van der Waals surface area contributed by atoms with Crippen LogP contribution in [-0.4, -0.2) is 26.2 Å². The summed E-state index contributed by atoms with van der Waals surface area (Å²) in [7, 11) is 1.61. The number of rotatable bonds is 18. The summed E-state index contributed by atoms with van der Waals surface area (Å²) in [4.78, 5) is 12.1. The van der Waals surface area contributed by atoms with Crippen molar-refractivity contribution >= 4 is 5.91 Å². The van der Waals surface area contributed by atoms with Crippen molar-refractivity contribution in [1.82, 2.24) is 5.32 Å². The predicted octanol–water partition coefficient (Wildman–Crippen LogP) is 5.35. The standard InChI is InChI=1S/C24H42N2O3/c1-3-4-5-6-7-8-9-10-11-12-13-14-24(27)26-20-21-15-16-22(29-18-17-25)23(19-21)28-2/h15-16,19H,3-14,17-18,20,25H2,1-2H3,(H,26,27). The van der Waals surface area contributed by atoms with Gasteiger partial charge in [-0.05, 0) is 24.1 Å². The van der Waals surface area contributed by atoms with Gasteiger partial charge >= 0.3 is 0 Å². The van der Waals surface area contributed by atoms with Crippen LogP contribution in [0.25, 0.3) is 0 Å². The van der Waals surface area contributed by atoms with Crippen LogP contribution in [0.1, 0.15) is 89.5 Å². The molecule has 0 aliphatic carbocycles. The maximum Gasteiger partial charge on any atom is 0.220 e. The number of hydrogen-bond acceptors (Lipinski definition) is 4. The molecule has 0 aliphatic rings. The zero-order valence-corrected chi connectivity index (χ0v) is 18.6. The number of carbonyl (C=O) groups excluding carboxylic acids is 1. The molecule has 0 radical (unpaired) electrons. The van der Waals surface area contributed by atoms with Crippen molar-refractivity contribution in [2.24, 2.45) is 5.73 Å². The van der Waals surface area contributed by atoms with Crippen molar-refractivity contribution in [2.45, 2.75) is 90.5 Å². The van der Waals surface area contributed by atoms with E-state index in [0.717, 1.165) is 18.4 Å². The Morgan fingerprint density at radius 2 is 1.55 bits per heavy atom. The van der Waals surface area contributed by atoms with E-state index in [9.17, 15) is 4.79 Å². The minimum absolute atomic E-state index is 0.114. The predicted molar refractivity (Wildman–Crippen MR) is 120 cm³/mol. The van der Waals surface area contributed by atoms with Gasteiger partial charge in [-0.2, -0.15) is 0 Å². The summed E-state index contributed by atoms with van der Waals surface area (Å²) in [6.45, 7) is 3.67. The van der Waals surface area contributed by atoms with Crippen LogP contribution < -0.4 is 20.5 Å². The summed E-state index contributed by atoms with van der Waals surface area (Å²) in [5.41, 5.74) is 6.46. The van der Waals surface area contributed by atoms with Crippen molar-refractivity contribution in [2.75, 3.05) is 20.3 Å². The topological polar surface area (TPSA) is 73.6 Å². The van der Waals surface area contributed by atoms with Gasteiger partial charge in [-0.1, -0.05) is 77.2 Å². The molecule has 0 saturated carbocycles. The highest BCUT2D eigenvalue weighted by molar-refractivity contribution is 5.75. The molecule has 1 amide bonds. The van der Waals surface area contributed by atoms with E-state index in [1.165, 1.54) is 57.8 Å². The lowest BCUT2D eigenvalue weighted by Crippen LogP contribution is -2.22. The van der Waals surface area contributed by atoms with Crippen LogP contribution >= 0.6 is 0 Å². The van der Waals surface area contributed by atoms with E-state index in [4.69, 9.17) is 15.2 Å². The van der Waals surface area contributed by atoms with Crippen molar-refractivity contribution in [3.05, 3.63) is 23.8 Å². The van der Waals surface area contributed by atoms with Gasteiger partial charge in [0.15, 0.2) is 11.5 Å². The molecule has 29 heavy (non-hydrogen) atoms. The fraction of sp³-hybridized carbons (Fsp3) is 0.708. The van der Waals surface area contributed by atoms with Crippen LogP contribution in [0.15, 0.2) is 18.2 Å². The van der Waals surface area contributed by atoms with Gasteiger partial charge in [0, 0.05) is 19.5 Å². The molecule has 0 saturated heterocycles. The molecule has 5 nitrogen and oxygen atoms in total. The first-order valence-electron chi connectivity index (χ1n) is 11.5. The van der Waals surface area contributed by atoms with Gasteiger partial charge in [0.1, 0.15) is 6.61 Å². The largest absolute Gasteiger partial charge is 0.493 e. The highest BCUT2D eigenvalue weighted by Crippen LogP contribution is 2.28. The third kappa shape index (κ3) is 12.4. The molecule has 0 unspecified atom stereocenters. The number of benzene rings is 1. The first-order chi connectivity index (χ1) is 14.2. The second-order valence-electron chi connectivity index (χ2n) is 7.68. The summed E-state index contributed by atoms with van der Waals surface area (Å²) in [6, 6.07) is 5.70. The SMILES string of the molecule is CCCCCCCCCCCCCC(=O)NCc1ccc(OCCN)c(OC)c1. The van der Waals surface area contributed by atoms with Crippen molar-refractivity contribution < 1.29 is 14.3 Å². The number of nitrogens with one attached hydrogen (secondary N) is 1. The second-order valence-corrected chi connectivity index (χ2v) is 7.68. The molecular formula is C24H42N2O3. The second kappa shape index (κ2) is 17.1. The highest BCUT2D eigenvalue weighted by atomic mass is 16.5. The Bertz CT molecular complexity index is 549. The number of carbonyl (C=O) groups is 1. The molecule has 0 bridgehead atoms. The molecule has 0 spiro atoms. The van der Waals surface area contributed by atoms with Crippen LogP contribution in [0.3, 0.4) is 0 Å². The van der Waals surface area contributed by atoms with Crippen LogP contribution in [0.4, 0.5) is 0 Å². The molecule has 0 heterocycles. The molecule has 3 N–H and O–H groups in total. The highest BCUT2D eigenvalue weighted by Gasteiger charge is 2.07. The van der Waals surface area contributed by atoms with E-state index < -0.39 is 0 Å². The Hall–Kier alpha value is -1.75. The van der Waals surface area contributed by atoms with E-state index in [1.54, 1.807) is 7.11 Å². The third-order valence-electron chi connectivity index (χ3n) is 5.10. The van der Waals surface area contributed by atoms with Gasteiger partial charge in [-0.15, -0.1) is 0 Å². The summed E-state index contributed by atoms with van der Waals surface area (Å²) in [5.74, 6) is 1.45. The molecule has 1 rings (SSSR count). The lowest BCUT2D eigenvalue weighted by molar-refractivity contribution is -0.121. The van der Waals surface area contributed by atoms with E-state index in [1.807, 2.05) is 18.2 Å². The molecule has 0 aromatic heterocycles. The number of methoxy groups -OCH3 is 1. The number of hydrogen-bond donors (Lipinski definition) is 2. The maximum atomic E-state index is 12.1. The molecule has 0 atom stereocenters. The third-order valence-corrected chi connectivity index (χ3v) is 5.10. The molecule has 166 valence electrons. The minimum atomic E-state index is 0.114. The van der Waals surface area contributed by atoms with Crippen LogP contribution in [0.2, 0.25) is 0 Å². The smallest absolute Gasteiger partial charge is 0.220 e. The number of unbranched alkanes of at least 4 members (excludes halogenated alkanes) is 10. The average Bonchev–Trinajstić information content (AvgIpc) is 2.74. The summed E-state index contributed by atoms with van der Waals surface area (Å²) >= 11 is 0. The van der Waals surface area contributed by atoms with Gasteiger partial charge in [0.25, 0.3) is 0 Å². The lowest BCUT2D eigenvalue weighted by Gasteiger charge is -2.12. The van der Waals surface area contributed by atoms with Gasteiger partial charge in [-0.3, -0.25) is 4.79 Å². The van der Waals surface area contributed by atoms with Crippen LogP contribution in [0, 0.1) is 0 Å². The molecule has 5 heteroatoms. The average molecular weight is 407 g/mol. The zero-order valence-electron chi connectivity index (χ0n) is 18.6. The Labute approximate surface area is 177 Å². The van der Waals surface area contributed by atoms with Gasteiger partial charge in [-0.25, -0.2) is 0 Å². The normalized spacial score (nSPS) is 10.7. The summed E-state index contributed by atoms with van der Waals surface area (Å²) < 4.78 is 10.9. The quantitative estimate of drug-likeness (QED) is 0.322. The molecule has 1 aromatic carbocycles. The van der Waals surface area contributed by atoms with E-state index >= 15 is 0 Å². The lowest BCUT2D eigenvalue weighted by atomic mass is 10.1. The Morgan fingerprint density at radius 3 is 2.14 bits per heavy atom. The number of nitrogens with two attached hydrogens (primary N) is 1. The zero-order chi connectivity index (χ0) is 21.2. The molecular weight excluding hydrogens is 364 g/mol. The fourth-order valence-corrected chi connectivity index (χ4v) is 3.35. The summed E-state index contributed by atoms with van der Waals surface area (Å²) in [5, 5.41) is 2.99. The number of ether oxygens (including phenoxy) is 2. The van der Waals surface area contributed by atoms with E-state index in [2.05, 4.69) is 12.2 Å². The maximum absolute atomic E-state index is 12.1. The number of amides is 1. The van der Waals surface area contributed by atoms with Gasteiger partial charge in [0.2, 0.25) is 5.91 Å². The Kier molecular flexibility index (Phi) is 14.9. The van der Waals surface area contributed by atoms with Crippen LogP contribution in [0.5, 0.6) is 11.5 Å². The first kappa shape index (κ1) is 25.3. The van der Waals surface area contributed by atoms with Crippen molar-refractivity contribution in [3.8, 4) is 11.5 Å². The Morgan fingerprint density at radius 1 is 0.931 bits per heavy atom.